The van der Waals surface area contributed by atoms with Crippen LogP contribution >= 0.6 is 35.0 Å². The van der Waals surface area contributed by atoms with Crippen LogP contribution in [-0.2, 0) is 4.79 Å². The lowest BCUT2D eigenvalue weighted by molar-refractivity contribution is -0.139. The van der Waals surface area contributed by atoms with Crippen molar-refractivity contribution in [3.63, 3.8) is 0 Å². The molecule has 148 valence electrons. The van der Waals surface area contributed by atoms with Gasteiger partial charge in [-0.25, -0.2) is 4.79 Å². The van der Waals surface area contributed by atoms with E-state index in [0.29, 0.717) is 21.5 Å². The van der Waals surface area contributed by atoms with Crippen molar-refractivity contribution < 1.29 is 14.6 Å². The molecule has 0 bridgehead atoms. The third-order valence-electron chi connectivity index (χ3n) is 4.04. The van der Waals surface area contributed by atoms with Crippen LogP contribution in [0.3, 0.4) is 0 Å². The Balaban J connectivity index is 1.78. The molecule has 3 aromatic carbocycles. The summed E-state index contributed by atoms with van der Waals surface area (Å²) in [5, 5.41) is 9.80. The summed E-state index contributed by atoms with van der Waals surface area (Å²) in [5.74, 6) is 0.0221. The van der Waals surface area contributed by atoms with E-state index < -0.39 is 12.6 Å². The fourth-order valence-electron chi connectivity index (χ4n) is 2.73. The van der Waals surface area contributed by atoms with Gasteiger partial charge in [-0.1, -0.05) is 77.8 Å². The van der Waals surface area contributed by atoms with Gasteiger partial charge >= 0.3 is 5.97 Å². The van der Waals surface area contributed by atoms with Gasteiger partial charge in [0.25, 0.3) is 0 Å². The maximum Gasteiger partial charge on any atom is 0.341 e. The molecule has 1 N–H and O–H groups in total. The van der Waals surface area contributed by atoms with Crippen LogP contribution in [0, 0.1) is 0 Å². The predicted octanol–water partition coefficient (Wildman–Crippen LogP) is 6.68. The SMILES string of the molecule is O=C(O)COc1ccc(SC/C=C(/c2ccccc2)c2ccccc2Cl)cc1Cl. The van der Waals surface area contributed by atoms with Crippen molar-refractivity contribution >= 4 is 46.5 Å². The van der Waals surface area contributed by atoms with Crippen molar-refractivity contribution in [2.24, 2.45) is 0 Å². The summed E-state index contributed by atoms with van der Waals surface area (Å²) in [5.41, 5.74) is 3.14. The molecular weight excluding hydrogens is 427 g/mol. The molecule has 6 heteroatoms. The van der Waals surface area contributed by atoms with E-state index in [9.17, 15) is 4.79 Å². The lowest BCUT2D eigenvalue weighted by Crippen LogP contribution is -2.09. The van der Waals surface area contributed by atoms with Gasteiger partial charge in [0, 0.05) is 21.2 Å². The average Bonchev–Trinajstić information content (AvgIpc) is 2.72. The molecule has 0 aliphatic carbocycles. The standard InChI is InChI=1S/C23H18Cl2O3S/c24-20-9-5-4-8-19(20)18(16-6-2-1-3-7-16)12-13-29-17-10-11-22(21(25)14-17)28-15-23(26)27/h1-12,14H,13,15H2,(H,26,27)/b18-12-. The van der Waals surface area contributed by atoms with Crippen molar-refractivity contribution in [2.45, 2.75) is 4.90 Å². The summed E-state index contributed by atoms with van der Waals surface area (Å²) >= 11 is 14.3. The Hall–Kier alpha value is -2.40. The van der Waals surface area contributed by atoms with Crippen LogP contribution in [0.1, 0.15) is 11.1 Å². The van der Waals surface area contributed by atoms with E-state index in [1.807, 2.05) is 48.5 Å². The molecule has 29 heavy (non-hydrogen) atoms. The molecular formula is C23H18Cl2O3S. The van der Waals surface area contributed by atoms with E-state index in [-0.39, 0.29) is 0 Å². The summed E-state index contributed by atoms with van der Waals surface area (Å²) in [6, 6.07) is 23.2. The zero-order valence-corrected chi connectivity index (χ0v) is 17.7. The van der Waals surface area contributed by atoms with Gasteiger partial charge in [-0.05, 0) is 35.4 Å². The van der Waals surface area contributed by atoms with Crippen molar-refractivity contribution in [2.75, 3.05) is 12.4 Å². The molecule has 0 amide bonds. The first kappa shape index (κ1) is 21.3. The quantitative estimate of drug-likeness (QED) is 0.393. The van der Waals surface area contributed by atoms with Gasteiger partial charge in [0.15, 0.2) is 6.61 Å². The molecule has 0 spiro atoms. The summed E-state index contributed by atoms with van der Waals surface area (Å²) in [7, 11) is 0. The Kier molecular flexibility index (Phi) is 7.64. The maximum absolute atomic E-state index is 10.6. The molecule has 3 rings (SSSR count). The summed E-state index contributed by atoms with van der Waals surface area (Å²) in [4.78, 5) is 11.6. The van der Waals surface area contributed by atoms with Crippen LogP contribution in [0.4, 0.5) is 0 Å². The minimum Gasteiger partial charge on any atom is -0.480 e. The molecule has 3 nitrogen and oxygen atoms in total. The highest BCUT2D eigenvalue weighted by atomic mass is 35.5. The van der Waals surface area contributed by atoms with E-state index in [1.165, 1.54) is 0 Å². The van der Waals surface area contributed by atoms with Crippen LogP contribution in [0.2, 0.25) is 10.0 Å². The van der Waals surface area contributed by atoms with Crippen LogP contribution in [0.5, 0.6) is 5.75 Å². The molecule has 0 atom stereocenters. The van der Waals surface area contributed by atoms with Gasteiger partial charge < -0.3 is 9.84 Å². The summed E-state index contributed by atoms with van der Waals surface area (Å²) in [6.45, 7) is -0.423. The van der Waals surface area contributed by atoms with E-state index in [0.717, 1.165) is 21.6 Å². The van der Waals surface area contributed by atoms with Crippen molar-refractivity contribution in [1.82, 2.24) is 0 Å². The number of carboxylic acids is 1. The van der Waals surface area contributed by atoms with E-state index in [2.05, 4.69) is 18.2 Å². The number of thioether (sulfide) groups is 1. The second-order valence-corrected chi connectivity index (χ2v) is 7.96. The zero-order chi connectivity index (χ0) is 20.6. The smallest absolute Gasteiger partial charge is 0.341 e. The number of hydrogen-bond acceptors (Lipinski definition) is 3. The molecule has 3 aromatic rings. The van der Waals surface area contributed by atoms with Crippen molar-refractivity contribution in [1.29, 1.82) is 0 Å². The van der Waals surface area contributed by atoms with Crippen LogP contribution in [0.25, 0.3) is 5.57 Å². The second-order valence-electron chi connectivity index (χ2n) is 6.05. The normalized spacial score (nSPS) is 11.3. The fourth-order valence-corrected chi connectivity index (χ4v) is 4.08. The van der Waals surface area contributed by atoms with Gasteiger partial charge in [0.05, 0.1) is 5.02 Å². The molecule has 0 saturated carbocycles. The topological polar surface area (TPSA) is 46.5 Å². The summed E-state index contributed by atoms with van der Waals surface area (Å²) < 4.78 is 5.16. The van der Waals surface area contributed by atoms with Crippen LogP contribution in [0.15, 0.2) is 83.8 Å². The number of hydrogen-bond donors (Lipinski definition) is 1. The highest BCUT2D eigenvalue weighted by Crippen LogP contribution is 2.33. The third kappa shape index (κ3) is 6.04. The Bertz CT molecular complexity index is 1020. The molecule has 0 unspecified atom stereocenters. The second kappa shape index (κ2) is 10.4. The lowest BCUT2D eigenvalue weighted by Gasteiger charge is -2.11. The van der Waals surface area contributed by atoms with Crippen molar-refractivity contribution in [3.8, 4) is 5.75 Å². The Morgan fingerprint density at radius 2 is 1.69 bits per heavy atom. The number of ether oxygens (including phenoxy) is 1. The molecule has 0 aliphatic heterocycles. The summed E-state index contributed by atoms with van der Waals surface area (Å²) in [6.07, 6.45) is 2.14. The zero-order valence-electron chi connectivity index (χ0n) is 15.3. The number of carboxylic acid groups (broad SMARTS) is 1. The predicted molar refractivity (Wildman–Crippen MR) is 120 cm³/mol. The van der Waals surface area contributed by atoms with Crippen LogP contribution < -0.4 is 4.74 Å². The van der Waals surface area contributed by atoms with Crippen LogP contribution in [-0.4, -0.2) is 23.4 Å². The van der Waals surface area contributed by atoms with E-state index >= 15 is 0 Å². The number of rotatable bonds is 8. The number of carbonyl (C=O) groups is 1. The fraction of sp³-hybridized carbons (Fsp3) is 0.0870. The largest absolute Gasteiger partial charge is 0.480 e. The highest BCUT2D eigenvalue weighted by molar-refractivity contribution is 7.99. The molecule has 0 radical (unpaired) electrons. The number of halogens is 2. The maximum atomic E-state index is 10.6. The Morgan fingerprint density at radius 1 is 0.966 bits per heavy atom. The Morgan fingerprint density at radius 3 is 2.38 bits per heavy atom. The first-order chi connectivity index (χ1) is 14.0. The molecule has 0 aliphatic rings. The lowest BCUT2D eigenvalue weighted by atomic mass is 9.98. The molecule has 0 heterocycles. The van der Waals surface area contributed by atoms with Crippen molar-refractivity contribution in [3.05, 3.63) is 100 Å². The number of benzene rings is 3. The van der Waals surface area contributed by atoms with Gasteiger partial charge in [-0.2, -0.15) is 0 Å². The van der Waals surface area contributed by atoms with Gasteiger partial charge in [-0.3, -0.25) is 0 Å². The average molecular weight is 445 g/mol. The first-order valence-corrected chi connectivity index (χ1v) is 10.6. The van der Waals surface area contributed by atoms with E-state index in [4.69, 9.17) is 33.0 Å². The van der Waals surface area contributed by atoms with Gasteiger partial charge in [-0.15, -0.1) is 11.8 Å². The molecule has 0 aromatic heterocycles. The molecule has 0 saturated heterocycles. The number of aliphatic carboxylic acids is 1. The first-order valence-electron chi connectivity index (χ1n) is 8.82. The van der Waals surface area contributed by atoms with Gasteiger partial charge in [0.1, 0.15) is 5.75 Å². The minimum absolute atomic E-state index is 0.356. The highest BCUT2D eigenvalue weighted by Gasteiger charge is 2.09. The van der Waals surface area contributed by atoms with E-state index in [1.54, 1.807) is 23.9 Å². The van der Waals surface area contributed by atoms with Gasteiger partial charge in [0.2, 0.25) is 0 Å². The molecule has 0 fully saturated rings. The monoisotopic (exact) mass is 444 g/mol. The third-order valence-corrected chi connectivity index (χ3v) is 5.59. The Labute approximate surface area is 183 Å². The minimum atomic E-state index is -1.04.